The van der Waals surface area contributed by atoms with Crippen molar-refractivity contribution in [2.75, 3.05) is 13.2 Å². The first kappa shape index (κ1) is 13.1. The van der Waals surface area contributed by atoms with Crippen LogP contribution in [-0.4, -0.2) is 23.2 Å². The van der Waals surface area contributed by atoms with E-state index < -0.39 is 0 Å². The molecule has 106 valence electrons. The van der Waals surface area contributed by atoms with Gasteiger partial charge in [-0.1, -0.05) is 11.6 Å². The Kier molecular flexibility index (Phi) is 3.29. The predicted octanol–water partition coefficient (Wildman–Crippen LogP) is 4.36. The molecule has 4 heterocycles. The quantitative estimate of drug-likeness (QED) is 0.697. The normalized spacial score (nSPS) is 13.4. The van der Waals surface area contributed by atoms with Gasteiger partial charge in [0.05, 0.1) is 5.69 Å². The van der Waals surface area contributed by atoms with Crippen molar-refractivity contribution in [3.05, 3.63) is 34.2 Å². The first-order valence-electron chi connectivity index (χ1n) is 6.27. The van der Waals surface area contributed by atoms with Crippen molar-refractivity contribution in [2.45, 2.75) is 0 Å². The second-order valence-corrected chi connectivity index (χ2v) is 6.82. The lowest BCUT2D eigenvalue weighted by molar-refractivity contribution is 0.174. The number of halogens is 1. The summed E-state index contributed by atoms with van der Waals surface area (Å²) in [7, 11) is 0. The van der Waals surface area contributed by atoms with Gasteiger partial charge in [-0.15, -0.1) is 22.7 Å². The van der Waals surface area contributed by atoms with Crippen LogP contribution in [-0.2, 0) is 0 Å². The van der Waals surface area contributed by atoms with Crippen molar-refractivity contribution in [2.24, 2.45) is 0 Å². The molecule has 0 atom stereocenters. The molecule has 0 fully saturated rings. The highest BCUT2D eigenvalue weighted by Gasteiger charge is 2.26. The minimum Gasteiger partial charge on any atom is -0.484 e. The van der Waals surface area contributed by atoms with Crippen LogP contribution in [0.2, 0.25) is 4.34 Å². The van der Waals surface area contributed by atoms with Gasteiger partial charge in [0.25, 0.3) is 0 Å². The molecule has 1 aliphatic rings. The smallest absolute Gasteiger partial charge is 0.191 e. The maximum atomic E-state index is 6.22. The lowest BCUT2D eigenvalue weighted by atomic mass is 10.2. The molecule has 3 aromatic rings. The van der Waals surface area contributed by atoms with E-state index in [0.717, 1.165) is 21.1 Å². The molecule has 0 saturated carbocycles. The molecule has 0 saturated heterocycles. The molecule has 0 unspecified atom stereocenters. The minimum absolute atomic E-state index is 0.529. The lowest BCUT2D eigenvalue weighted by Crippen LogP contribution is -2.14. The molecule has 4 nitrogen and oxygen atoms in total. The van der Waals surface area contributed by atoms with E-state index in [1.54, 1.807) is 23.7 Å². The number of pyridine rings is 1. The van der Waals surface area contributed by atoms with Crippen molar-refractivity contribution in [1.82, 2.24) is 9.97 Å². The summed E-state index contributed by atoms with van der Waals surface area (Å²) in [6.45, 7) is 1.07. The second kappa shape index (κ2) is 5.29. The van der Waals surface area contributed by atoms with Crippen LogP contribution in [0, 0.1) is 0 Å². The highest BCUT2D eigenvalue weighted by molar-refractivity contribution is 7.24. The number of fused-ring (bicyclic) bond motifs is 1. The standard InChI is InChI=1S/C14H9ClN2O2S2/c15-13-11-10(18-4-5-19-11)12(21-13)14-17-9(7-20-14)8-2-1-3-16-6-8/h1-3,6-7H,4-5H2. The van der Waals surface area contributed by atoms with Gasteiger partial charge < -0.3 is 9.47 Å². The summed E-state index contributed by atoms with van der Waals surface area (Å²) in [4.78, 5) is 9.71. The summed E-state index contributed by atoms with van der Waals surface area (Å²) in [6, 6.07) is 3.89. The Morgan fingerprint density at radius 3 is 2.86 bits per heavy atom. The Morgan fingerprint density at radius 1 is 1.19 bits per heavy atom. The summed E-state index contributed by atoms with van der Waals surface area (Å²) in [5.74, 6) is 1.35. The van der Waals surface area contributed by atoms with Crippen LogP contribution in [0.1, 0.15) is 0 Å². The maximum absolute atomic E-state index is 6.22. The Morgan fingerprint density at radius 2 is 2.05 bits per heavy atom. The summed E-state index contributed by atoms with van der Waals surface area (Å²) in [5.41, 5.74) is 1.90. The van der Waals surface area contributed by atoms with E-state index in [9.17, 15) is 0 Å². The fourth-order valence-corrected chi connectivity index (χ4v) is 4.29. The van der Waals surface area contributed by atoms with E-state index in [4.69, 9.17) is 21.1 Å². The summed E-state index contributed by atoms with van der Waals surface area (Å²) < 4.78 is 11.9. The summed E-state index contributed by atoms with van der Waals surface area (Å²) in [5, 5.41) is 2.89. The largest absolute Gasteiger partial charge is 0.484 e. The molecular formula is C14H9ClN2O2S2. The Balaban J connectivity index is 1.77. The van der Waals surface area contributed by atoms with Crippen LogP contribution in [0.15, 0.2) is 29.9 Å². The van der Waals surface area contributed by atoms with Crippen molar-refractivity contribution in [3.63, 3.8) is 0 Å². The Labute approximate surface area is 134 Å². The number of hydrogen-bond donors (Lipinski definition) is 0. The van der Waals surface area contributed by atoms with Crippen molar-refractivity contribution >= 4 is 34.3 Å². The third kappa shape index (κ3) is 2.29. The molecular weight excluding hydrogens is 328 g/mol. The minimum atomic E-state index is 0.529. The molecule has 0 aliphatic carbocycles. The molecule has 0 bridgehead atoms. The molecule has 0 spiro atoms. The van der Waals surface area contributed by atoms with E-state index in [2.05, 4.69) is 9.97 Å². The maximum Gasteiger partial charge on any atom is 0.191 e. The van der Waals surface area contributed by atoms with Gasteiger partial charge in [0.1, 0.15) is 27.4 Å². The summed E-state index contributed by atoms with van der Waals surface area (Å²) >= 11 is 9.22. The zero-order valence-electron chi connectivity index (χ0n) is 10.7. The highest BCUT2D eigenvalue weighted by atomic mass is 35.5. The number of thiophene rings is 1. The Hall–Kier alpha value is -1.63. The monoisotopic (exact) mass is 336 g/mol. The molecule has 0 aromatic carbocycles. The number of ether oxygens (including phenoxy) is 2. The van der Waals surface area contributed by atoms with Gasteiger partial charge in [-0.25, -0.2) is 4.98 Å². The summed E-state index contributed by atoms with van der Waals surface area (Å²) in [6.07, 6.45) is 3.55. The van der Waals surface area contributed by atoms with E-state index in [-0.39, 0.29) is 0 Å². The predicted molar refractivity (Wildman–Crippen MR) is 84.7 cm³/mol. The van der Waals surface area contributed by atoms with Gasteiger partial charge in [0, 0.05) is 23.3 Å². The fraction of sp³-hybridized carbons (Fsp3) is 0.143. The average Bonchev–Trinajstić information content (AvgIpc) is 3.14. The van der Waals surface area contributed by atoms with Crippen LogP contribution < -0.4 is 9.47 Å². The molecule has 0 N–H and O–H groups in total. The molecule has 0 amide bonds. The number of aromatic nitrogens is 2. The van der Waals surface area contributed by atoms with E-state index in [0.29, 0.717) is 29.0 Å². The molecule has 0 radical (unpaired) electrons. The first-order valence-corrected chi connectivity index (χ1v) is 8.34. The number of rotatable bonds is 2. The third-order valence-corrected chi connectivity index (χ3v) is 5.35. The van der Waals surface area contributed by atoms with Crippen LogP contribution in [0.25, 0.3) is 21.1 Å². The molecule has 7 heteroatoms. The van der Waals surface area contributed by atoms with Crippen LogP contribution >= 0.6 is 34.3 Å². The molecule has 4 rings (SSSR count). The van der Waals surface area contributed by atoms with E-state index >= 15 is 0 Å². The highest BCUT2D eigenvalue weighted by Crippen LogP contribution is 2.52. The zero-order valence-corrected chi connectivity index (χ0v) is 13.1. The van der Waals surface area contributed by atoms with Gasteiger partial charge in [0.15, 0.2) is 11.5 Å². The van der Waals surface area contributed by atoms with Crippen molar-refractivity contribution < 1.29 is 9.47 Å². The van der Waals surface area contributed by atoms with Crippen LogP contribution in [0.3, 0.4) is 0 Å². The first-order chi connectivity index (χ1) is 10.3. The molecule has 1 aliphatic heterocycles. The van der Waals surface area contributed by atoms with Crippen LogP contribution in [0.5, 0.6) is 11.5 Å². The third-order valence-electron chi connectivity index (χ3n) is 3.01. The SMILES string of the molecule is Clc1sc(-c2nc(-c3cccnc3)cs2)c2c1OCCO2. The van der Waals surface area contributed by atoms with E-state index in [1.165, 1.54) is 11.3 Å². The van der Waals surface area contributed by atoms with Crippen molar-refractivity contribution in [1.29, 1.82) is 0 Å². The van der Waals surface area contributed by atoms with Gasteiger partial charge >= 0.3 is 0 Å². The topological polar surface area (TPSA) is 44.2 Å². The second-order valence-electron chi connectivity index (χ2n) is 4.34. The molecule has 3 aromatic heterocycles. The number of nitrogens with zero attached hydrogens (tertiary/aromatic N) is 2. The number of thiazole rings is 1. The lowest BCUT2D eigenvalue weighted by Gasteiger charge is -2.15. The van der Waals surface area contributed by atoms with Gasteiger partial charge in [-0.2, -0.15) is 0 Å². The van der Waals surface area contributed by atoms with Crippen LogP contribution in [0.4, 0.5) is 0 Å². The fourth-order valence-electron chi connectivity index (χ4n) is 2.08. The average molecular weight is 337 g/mol. The number of hydrogen-bond acceptors (Lipinski definition) is 6. The Bertz CT molecular complexity index is 786. The van der Waals surface area contributed by atoms with E-state index in [1.807, 2.05) is 17.5 Å². The van der Waals surface area contributed by atoms with Gasteiger partial charge in [0.2, 0.25) is 0 Å². The molecule has 21 heavy (non-hydrogen) atoms. The zero-order chi connectivity index (χ0) is 14.2. The van der Waals surface area contributed by atoms with Crippen molar-refractivity contribution in [3.8, 4) is 32.6 Å². The van der Waals surface area contributed by atoms with Gasteiger partial charge in [-0.05, 0) is 12.1 Å². The van der Waals surface area contributed by atoms with Gasteiger partial charge in [-0.3, -0.25) is 4.98 Å².